The van der Waals surface area contributed by atoms with E-state index in [2.05, 4.69) is 4.98 Å². The summed E-state index contributed by atoms with van der Waals surface area (Å²) in [7, 11) is 0. The Kier molecular flexibility index (Phi) is 4.79. The molecule has 18 heavy (non-hydrogen) atoms. The van der Waals surface area contributed by atoms with Crippen LogP contribution in [-0.2, 0) is 20.8 Å². The van der Waals surface area contributed by atoms with Gasteiger partial charge in [0.15, 0.2) is 0 Å². The quantitative estimate of drug-likeness (QED) is 0.597. The molecule has 0 bridgehead atoms. The fourth-order valence-corrected chi connectivity index (χ4v) is 1.27. The first-order valence-corrected chi connectivity index (χ1v) is 5.14. The maximum atomic E-state index is 11.4. The molecule has 0 spiro atoms. The number of rotatable bonds is 6. The van der Waals surface area contributed by atoms with Crippen LogP contribution >= 0.6 is 0 Å². The Morgan fingerprint density at radius 2 is 1.94 bits per heavy atom. The number of nitrogens with zero attached hydrogens (tertiary/aromatic N) is 1. The average molecular weight is 252 g/mol. The molecule has 1 heterocycles. The fourth-order valence-electron chi connectivity index (χ4n) is 1.27. The highest BCUT2D eigenvalue weighted by molar-refractivity contribution is 6.00. The SMILES string of the molecule is O=C(CCc1cccnc1)NC(C(=O)O)C(=O)O. The van der Waals surface area contributed by atoms with Crippen molar-refractivity contribution < 1.29 is 24.6 Å². The van der Waals surface area contributed by atoms with Crippen molar-refractivity contribution in [1.82, 2.24) is 10.3 Å². The number of hydrogen-bond acceptors (Lipinski definition) is 4. The average Bonchev–Trinajstić information content (AvgIpc) is 2.34. The van der Waals surface area contributed by atoms with Crippen LogP contribution in [-0.4, -0.2) is 39.1 Å². The molecule has 0 aliphatic heterocycles. The summed E-state index contributed by atoms with van der Waals surface area (Å²) in [4.78, 5) is 36.3. The van der Waals surface area contributed by atoms with Crippen LogP contribution in [0.1, 0.15) is 12.0 Å². The topological polar surface area (TPSA) is 117 Å². The van der Waals surface area contributed by atoms with E-state index in [4.69, 9.17) is 10.2 Å². The summed E-state index contributed by atoms with van der Waals surface area (Å²) in [5, 5.41) is 19.1. The number of pyridine rings is 1. The van der Waals surface area contributed by atoms with Gasteiger partial charge in [0.25, 0.3) is 0 Å². The van der Waals surface area contributed by atoms with Gasteiger partial charge in [0.05, 0.1) is 0 Å². The molecule has 0 unspecified atom stereocenters. The van der Waals surface area contributed by atoms with Crippen molar-refractivity contribution in [2.75, 3.05) is 0 Å². The molecule has 7 heteroatoms. The van der Waals surface area contributed by atoms with Gasteiger partial charge in [-0.1, -0.05) is 6.07 Å². The molecule has 7 nitrogen and oxygen atoms in total. The predicted octanol–water partition coefficient (Wildman–Crippen LogP) is -0.332. The van der Waals surface area contributed by atoms with E-state index in [9.17, 15) is 14.4 Å². The Balaban J connectivity index is 2.46. The number of carboxylic acid groups (broad SMARTS) is 2. The highest BCUT2D eigenvalue weighted by atomic mass is 16.4. The van der Waals surface area contributed by atoms with E-state index < -0.39 is 23.9 Å². The predicted molar refractivity (Wildman–Crippen MR) is 59.8 cm³/mol. The zero-order chi connectivity index (χ0) is 13.5. The van der Waals surface area contributed by atoms with Crippen LogP contribution in [0.2, 0.25) is 0 Å². The number of hydrogen-bond donors (Lipinski definition) is 3. The third kappa shape index (κ3) is 4.20. The van der Waals surface area contributed by atoms with Gasteiger partial charge in [-0.3, -0.25) is 9.78 Å². The molecule has 0 saturated carbocycles. The summed E-state index contributed by atoms with van der Waals surface area (Å²) < 4.78 is 0. The summed E-state index contributed by atoms with van der Waals surface area (Å²) in [6.07, 6.45) is 3.54. The number of aromatic nitrogens is 1. The zero-order valence-electron chi connectivity index (χ0n) is 9.37. The number of carboxylic acids is 2. The van der Waals surface area contributed by atoms with Crippen LogP contribution in [0, 0.1) is 0 Å². The molecule has 1 rings (SSSR count). The maximum Gasteiger partial charge on any atom is 0.338 e. The molecule has 0 atom stereocenters. The van der Waals surface area contributed by atoms with E-state index in [1.807, 2.05) is 5.32 Å². The van der Waals surface area contributed by atoms with Crippen molar-refractivity contribution in [3.63, 3.8) is 0 Å². The highest BCUT2D eigenvalue weighted by Crippen LogP contribution is 2.00. The van der Waals surface area contributed by atoms with Gasteiger partial charge in [0, 0.05) is 18.8 Å². The van der Waals surface area contributed by atoms with Gasteiger partial charge in [-0.05, 0) is 18.1 Å². The van der Waals surface area contributed by atoms with Crippen molar-refractivity contribution in [3.05, 3.63) is 30.1 Å². The molecule has 0 fully saturated rings. The number of aryl methyl sites for hydroxylation is 1. The largest absolute Gasteiger partial charge is 0.479 e. The molecule has 1 amide bonds. The lowest BCUT2D eigenvalue weighted by atomic mass is 10.1. The Bertz CT molecular complexity index is 432. The van der Waals surface area contributed by atoms with Crippen LogP contribution in [0.3, 0.4) is 0 Å². The third-order valence-corrected chi connectivity index (χ3v) is 2.16. The molecule has 0 radical (unpaired) electrons. The van der Waals surface area contributed by atoms with E-state index in [1.165, 1.54) is 0 Å². The lowest BCUT2D eigenvalue weighted by Crippen LogP contribution is -2.46. The number of amides is 1. The van der Waals surface area contributed by atoms with E-state index in [-0.39, 0.29) is 6.42 Å². The second kappa shape index (κ2) is 6.33. The number of aliphatic carboxylic acids is 2. The van der Waals surface area contributed by atoms with E-state index in [0.717, 1.165) is 5.56 Å². The van der Waals surface area contributed by atoms with Gasteiger partial charge in [0.2, 0.25) is 11.9 Å². The van der Waals surface area contributed by atoms with Crippen molar-refractivity contribution in [1.29, 1.82) is 0 Å². The van der Waals surface area contributed by atoms with Crippen molar-refractivity contribution >= 4 is 17.8 Å². The lowest BCUT2D eigenvalue weighted by molar-refractivity contribution is -0.153. The smallest absolute Gasteiger partial charge is 0.338 e. The lowest BCUT2D eigenvalue weighted by Gasteiger charge is -2.09. The summed E-state index contributed by atoms with van der Waals surface area (Å²) >= 11 is 0. The first kappa shape index (κ1) is 13.6. The standard InChI is InChI=1S/C11H12N2O5/c14-8(13-9(10(15)16)11(17)18)4-3-7-2-1-5-12-6-7/h1-2,5-6,9H,3-4H2,(H,13,14)(H,15,16)(H,17,18). The summed E-state index contributed by atoms with van der Waals surface area (Å²) in [5.41, 5.74) is 0.815. The minimum atomic E-state index is -1.91. The van der Waals surface area contributed by atoms with E-state index >= 15 is 0 Å². The van der Waals surface area contributed by atoms with Crippen LogP contribution in [0.5, 0.6) is 0 Å². The monoisotopic (exact) mass is 252 g/mol. The Labute approximate surface area is 102 Å². The van der Waals surface area contributed by atoms with Crippen molar-refractivity contribution in [2.24, 2.45) is 0 Å². The van der Waals surface area contributed by atoms with Crippen LogP contribution in [0.25, 0.3) is 0 Å². The number of nitrogens with one attached hydrogen (secondary N) is 1. The molecular formula is C11H12N2O5. The molecule has 0 aromatic carbocycles. The number of carbonyl (C=O) groups excluding carboxylic acids is 1. The molecule has 96 valence electrons. The first-order chi connectivity index (χ1) is 8.50. The maximum absolute atomic E-state index is 11.4. The molecular weight excluding hydrogens is 240 g/mol. The molecule has 0 aliphatic carbocycles. The second-order valence-electron chi connectivity index (χ2n) is 3.54. The van der Waals surface area contributed by atoms with Crippen molar-refractivity contribution in [3.8, 4) is 0 Å². The van der Waals surface area contributed by atoms with Crippen LogP contribution < -0.4 is 5.32 Å². The van der Waals surface area contributed by atoms with Gasteiger partial charge in [-0.15, -0.1) is 0 Å². The minimum Gasteiger partial charge on any atom is -0.479 e. The zero-order valence-corrected chi connectivity index (χ0v) is 9.37. The minimum absolute atomic E-state index is 0.00273. The van der Waals surface area contributed by atoms with Gasteiger partial charge >= 0.3 is 11.9 Å². The summed E-state index contributed by atoms with van der Waals surface area (Å²) in [6, 6.07) is 1.57. The van der Waals surface area contributed by atoms with Gasteiger partial charge in [0.1, 0.15) is 0 Å². The van der Waals surface area contributed by atoms with Crippen molar-refractivity contribution in [2.45, 2.75) is 18.9 Å². The molecule has 0 aliphatic rings. The molecule has 3 N–H and O–H groups in total. The van der Waals surface area contributed by atoms with Gasteiger partial charge in [-0.2, -0.15) is 0 Å². The molecule has 1 aromatic rings. The number of carbonyl (C=O) groups is 3. The van der Waals surface area contributed by atoms with Gasteiger partial charge in [-0.25, -0.2) is 9.59 Å². The second-order valence-corrected chi connectivity index (χ2v) is 3.54. The van der Waals surface area contributed by atoms with Gasteiger partial charge < -0.3 is 15.5 Å². The highest BCUT2D eigenvalue weighted by Gasteiger charge is 2.27. The third-order valence-electron chi connectivity index (χ3n) is 2.16. The van der Waals surface area contributed by atoms with Crippen LogP contribution in [0.15, 0.2) is 24.5 Å². The first-order valence-electron chi connectivity index (χ1n) is 5.14. The molecule has 0 saturated heterocycles. The Morgan fingerprint density at radius 1 is 1.28 bits per heavy atom. The molecule has 1 aromatic heterocycles. The normalized spacial score (nSPS) is 10.1. The summed E-state index contributed by atoms with van der Waals surface area (Å²) in [5.74, 6) is -3.83. The Morgan fingerprint density at radius 3 is 2.44 bits per heavy atom. The van der Waals surface area contributed by atoms with E-state index in [0.29, 0.717) is 6.42 Å². The van der Waals surface area contributed by atoms with E-state index in [1.54, 1.807) is 24.5 Å². The van der Waals surface area contributed by atoms with Crippen LogP contribution in [0.4, 0.5) is 0 Å². The fraction of sp³-hybridized carbons (Fsp3) is 0.273. The Hall–Kier alpha value is -2.44. The summed E-state index contributed by atoms with van der Waals surface area (Å²) in [6.45, 7) is 0.